The standard InChI is InChI=1S/C31H37ClN4O7S/c1-7-22(4)33-31(38)23(5)34(18-24-10-8-9-20(2)15-24)30(37)19-35(28-16-25(32)12-14-29(28)43-6)44(41,42)26-13-11-21(3)27(17-26)36(39)40/h8-17,22-23H,7,18-19H2,1-6H3,(H,33,38)/t22-,23-/m0/s1. The van der Waals surface area contributed by atoms with Crippen LogP contribution >= 0.6 is 11.6 Å². The van der Waals surface area contributed by atoms with Crippen LogP contribution in [-0.4, -0.2) is 55.8 Å². The van der Waals surface area contributed by atoms with Gasteiger partial charge in [-0.05, 0) is 63.9 Å². The average Bonchev–Trinajstić information content (AvgIpc) is 2.97. The molecule has 2 atom stereocenters. The molecule has 3 rings (SSSR count). The minimum absolute atomic E-state index is 0.0200. The number of anilines is 1. The van der Waals surface area contributed by atoms with E-state index in [4.69, 9.17) is 16.3 Å². The van der Waals surface area contributed by atoms with E-state index in [2.05, 4.69) is 5.32 Å². The van der Waals surface area contributed by atoms with Gasteiger partial charge in [0.2, 0.25) is 11.8 Å². The average molecular weight is 645 g/mol. The molecule has 0 fully saturated rings. The second kappa shape index (κ2) is 14.5. The molecule has 3 aromatic rings. The third-order valence-corrected chi connectivity index (χ3v) is 9.25. The number of hydrogen-bond acceptors (Lipinski definition) is 7. The summed E-state index contributed by atoms with van der Waals surface area (Å²) in [6, 6.07) is 14.1. The first kappa shape index (κ1) is 34.3. The normalized spacial score (nSPS) is 12.6. The number of nitro benzene ring substituents is 1. The number of aryl methyl sites for hydroxylation is 2. The van der Waals surface area contributed by atoms with Crippen molar-refractivity contribution >= 4 is 44.8 Å². The van der Waals surface area contributed by atoms with E-state index in [0.29, 0.717) is 6.42 Å². The molecule has 0 saturated heterocycles. The maximum atomic E-state index is 14.2. The Bertz CT molecular complexity index is 1650. The smallest absolute Gasteiger partial charge is 0.273 e. The highest BCUT2D eigenvalue weighted by molar-refractivity contribution is 7.92. The summed E-state index contributed by atoms with van der Waals surface area (Å²) in [4.78, 5) is 39.3. The van der Waals surface area contributed by atoms with E-state index in [1.54, 1.807) is 6.92 Å². The van der Waals surface area contributed by atoms with Crippen molar-refractivity contribution in [3.8, 4) is 5.75 Å². The Labute approximate surface area is 263 Å². The minimum Gasteiger partial charge on any atom is -0.495 e. The second-order valence-corrected chi connectivity index (χ2v) is 12.8. The lowest BCUT2D eigenvalue weighted by Gasteiger charge is -2.33. The zero-order chi connectivity index (χ0) is 32.8. The van der Waals surface area contributed by atoms with Crippen molar-refractivity contribution in [1.82, 2.24) is 10.2 Å². The highest BCUT2D eigenvalue weighted by atomic mass is 35.5. The van der Waals surface area contributed by atoms with Gasteiger partial charge in [0.15, 0.2) is 0 Å². The van der Waals surface area contributed by atoms with Crippen LogP contribution in [0.25, 0.3) is 0 Å². The Hall–Kier alpha value is -4.16. The first-order valence-corrected chi connectivity index (χ1v) is 15.8. The topological polar surface area (TPSA) is 139 Å². The summed E-state index contributed by atoms with van der Waals surface area (Å²) in [6.45, 7) is 7.99. The van der Waals surface area contributed by atoms with Crippen LogP contribution in [0.4, 0.5) is 11.4 Å². The van der Waals surface area contributed by atoms with E-state index in [1.165, 1.54) is 49.3 Å². The number of nitro groups is 1. The number of carbonyl (C=O) groups is 2. The number of hydrogen-bond donors (Lipinski definition) is 1. The van der Waals surface area contributed by atoms with Gasteiger partial charge in [0.1, 0.15) is 18.3 Å². The Morgan fingerprint density at radius 2 is 1.77 bits per heavy atom. The van der Waals surface area contributed by atoms with E-state index in [0.717, 1.165) is 21.5 Å². The van der Waals surface area contributed by atoms with Crippen LogP contribution in [0.3, 0.4) is 0 Å². The Kier molecular flexibility index (Phi) is 11.3. The van der Waals surface area contributed by atoms with Crippen LogP contribution in [0, 0.1) is 24.0 Å². The zero-order valence-corrected chi connectivity index (χ0v) is 27.1. The molecule has 0 radical (unpaired) electrons. The van der Waals surface area contributed by atoms with Crippen molar-refractivity contribution < 1.29 is 27.7 Å². The largest absolute Gasteiger partial charge is 0.495 e. The minimum atomic E-state index is -4.61. The monoisotopic (exact) mass is 644 g/mol. The van der Waals surface area contributed by atoms with E-state index >= 15 is 0 Å². The summed E-state index contributed by atoms with van der Waals surface area (Å²) >= 11 is 6.26. The predicted molar refractivity (Wildman–Crippen MR) is 169 cm³/mol. The third-order valence-electron chi connectivity index (χ3n) is 7.26. The molecule has 236 valence electrons. The summed E-state index contributed by atoms with van der Waals surface area (Å²) in [5.41, 5.74) is 1.50. The molecule has 0 aliphatic carbocycles. The molecular formula is C31H37ClN4O7S. The van der Waals surface area contributed by atoms with Gasteiger partial charge in [0, 0.05) is 29.2 Å². The Morgan fingerprint density at radius 3 is 2.39 bits per heavy atom. The van der Waals surface area contributed by atoms with E-state index in [9.17, 15) is 28.1 Å². The van der Waals surface area contributed by atoms with Crippen molar-refractivity contribution in [2.24, 2.45) is 0 Å². The van der Waals surface area contributed by atoms with Crippen LogP contribution in [-0.2, 0) is 26.2 Å². The highest BCUT2D eigenvalue weighted by Gasteiger charge is 2.35. The van der Waals surface area contributed by atoms with Crippen molar-refractivity contribution in [2.75, 3.05) is 18.0 Å². The van der Waals surface area contributed by atoms with E-state index in [-0.39, 0.29) is 34.6 Å². The van der Waals surface area contributed by atoms with Crippen LogP contribution in [0.15, 0.2) is 65.6 Å². The fourth-order valence-corrected chi connectivity index (χ4v) is 6.10. The number of halogens is 1. The number of methoxy groups -OCH3 is 1. The lowest BCUT2D eigenvalue weighted by atomic mass is 10.1. The number of sulfonamides is 1. The summed E-state index contributed by atoms with van der Waals surface area (Å²) in [5.74, 6) is -0.991. The number of benzene rings is 3. The van der Waals surface area contributed by atoms with Gasteiger partial charge < -0.3 is 15.0 Å². The maximum absolute atomic E-state index is 14.2. The van der Waals surface area contributed by atoms with E-state index < -0.39 is 49.9 Å². The molecule has 0 bridgehead atoms. The quantitative estimate of drug-likeness (QED) is 0.194. The van der Waals surface area contributed by atoms with Crippen LogP contribution in [0.1, 0.15) is 43.9 Å². The summed E-state index contributed by atoms with van der Waals surface area (Å²) < 4.78 is 34.6. The lowest BCUT2D eigenvalue weighted by molar-refractivity contribution is -0.385. The Balaban J connectivity index is 2.16. The molecule has 1 N–H and O–H groups in total. The molecule has 3 aromatic carbocycles. The summed E-state index contributed by atoms with van der Waals surface area (Å²) in [5, 5.41) is 14.7. The van der Waals surface area contributed by atoms with Crippen molar-refractivity contribution in [3.05, 3.63) is 92.5 Å². The number of ether oxygens (including phenoxy) is 1. The second-order valence-electron chi connectivity index (χ2n) is 10.5. The molecule has 0 unspecified atom stereocenters. The molecule has 13 heteroatoms. The van der Waals surface area contributed by atoms with Crippen molar-refractivity contribution in [3.63, 3.8) is 0 Å². The summed E-state index contributed by atoms with van der Waals surface area (Å²) in [6.07, 6.45) is 0.674. The fourth-order valence-electron chi connectivity index (χ4n) is 4.50. The van der Waals surface area contributed by atoms with Gasteiger partial charge in [-0.3, -0.25) is 24.0 Å². The van der Waals surface area contributed by atoms with Crippen LogP contribution in [0.5, 0.6) is 5.75 Å². The third kappa shape index (κ3) is 8.06. The van der Waals surface area contributed by atoms with Crippen molar-refractivity contribution in [2.45, 2.75) is 64.6 Å². The predicted octanol–water partition coefficient (Wildman–Crippen LogP) is 5.40. The number of nitrogens with zero attached hydrogens (tertiary/aromatic N) is 3. The highest BCUT2D eigenvalue weighted by Crippen LogP contribution is 2.36. The van der Waals surface area contributed by atoms with Crippen LogP contribution in [0.2, 0.25) is 5.02 Å². The number of nitrogens with one attached hydrogen (secondary N) is 1. The fraction of sp³-hybridized carbons (Fsp3) is 0.355. The number of rotatable bonds is 13. The van der Waals surface area contributed by atoms with Gasteiger partial charge in [-0.15, -0.1) is 0 Å². The molecule has 0 aliphatic heterocycles. The van der Waals surface area contributed by atoms with Gasteiger partial charge in [-0.25, -0.2) is 8.42 Å². The lowest BCUT2D eigenvalue weighted by Crippen LogP contribution is -2.52. The number of amides is 2. The summed E-state index contributed by atoms with van der Waals surface area (Å²) in [7, 11) is -3.28. The molecule has 44 heavy (non-hydrogen) atoms. The molecule has 0 saturated carbocycles. The van der Waals surface area contributed by atoms with Crippen LogP contribution < -0.4 is 14.4 Å². The first-order valence-electron chi connectivity index (χ1n) is 14.0. The molecule has 0 heterocycles. The molecule has 2 amide bonds. The molecular weight excluding hydrogens is 608 g/mol. The van der Waals surface area contributed by atoms with Gasteiger partial charge in [0.05, 0.1) is 22.6 Å². The zero-order valence-electron chi connectivity index (χ0n) is 25.5. The van der Waals surface area contributed by atoms with Gasteiger partial charge >= 0.3 is 0 Å². The van der Waals surface area contributed by atoms with Gasteiger partial charge in [0.25, 0.3) is 15.7 Å². The first-order chi connectivity index (χ1) is 20.7. The molecule has 0 aromatic heterocycles. The van der Waals surface area contributed by atoms with E-state index in [1.807, 2.05) is 45.0 Å². The molecule has 0 spiro atoms. The van der Waals surface area contributed by atoms with Crippen molar-refractivity contribution in [1.29, 1.82) is 0 Å². The SMILES string of the molecule is CC[C@H](C)NC(=O)[C@H](C)N(Cc1cccc(C)c1)C(=O)CN(c1cc(Cl)ccc1OC)S(=O)(=O)c1ccc(C)c([N+](=O)[O-])c1. The van der Waals surface area contributed by atoms with Gasteiger partial charge in [-0.2, -0.15) is 0 Å². The van der Waals surface area contributed by atoms with Gasteiger partial charge in [-0.1, -0.05) is 54.4 Å². The Morgan fingerprint density at radius 1 is 1.07 bits per heavy atom. The number of carbonyl (C=O) groups excluding carboxylic acids is 2. The molecule has 0 aliphatic rings. The maximum Gasteiger partial charge on any atom is 0.273 e. The molecule has 11 nitrogen and oxygen atoms in total.